The molecule has 0 aromatic heterocycles. The lowest BCUT2D eigenvalue weighted by atomic mass is 10.3. The molecule has 0 atom stereocenters. The van der Waals surface area contributed by atoms with Gasteiger partial charge in [0, 0.05) is 5.69 Å². The van der Waals surface area contributed by atoms with Crippen LogP contribution in [0.3, 0.4) is 0 Å². The molecule has 0 unspecified atom stereocenters. The third kappa shape index (κ3) is 8.92. The van der Waals surface area contributed by atoms with Gasteiger partial charge in [-0.1, -0.05) is 0 Å². The standard InChI is InChI=1S/C8H7ClFNO.C2H2Cl2O/c9-5-8(12)11-7-3-1-6(10)2-4-7;3-1-2(4)5/h1-4H,5H2,(H,11,12);1H2. The minimum Gasteiger partial charge on any atom is -0.325 e. The van der Waals surface area contributed by atoms with Crippen molar-refractivity contribution in [3.05, 3.63) is 30.1 Å². The van der Waals surface area contributed by atoms with E-state index in [0.717, 1.165) is 0 Å². The van der Waals surface area contributed by atoms with E-state index in [0.29, 0.717) is 5.69 Å². The molecule has 94 valence electrons. The molecule has 3 nitrogen and oxygen atoms in total. The van der Waals surface area contributed by atoms with E-state index in [-0.39, 0.29) is 23.5 Å². The summed E-state index contributed by atoms with van der Waals surface area (Å²) < 4.78 is 12.4. The Hall–Kier alpha value is -0.840. The van der Waals surface area contributed by atoms with Crippen LogP contribution in [0, 0.1) is 5.82 Å². The molecule has 1 amide bonds. The highest BCUT2D eigenvalue weighted by Gasteiger charge is 1.98. The van der Waals surface area contributed by atoms with Crippen LogP contribution in [0.15, 0.2) is 24.3 Å². The number of anilines is 1. The number of nitrogens with one attached hydrogen (secondary N) is 1. The molecule has 0 fully saturated rings. The summed E-state index contributed by atoms with van der Waals surface area (Å²) in [6.07, 6.45) is 0. The predicted molar refractivity (Wildman–Crippen MR) is 67.3 cm³/mol. The van der Waals surface area contributed by atoms with E-state index >= 15 is 0 Å². The SMILES string of the molecule is O=C(CCl)Nc1ccc(F)cc1.O=C(Cl)CCl. The molecule has 0 heterocycles. The minimum absolute atomic E-state index is 0.0957. The van der Waals surface area contributed by atoms with Crippen LogP contribution in [-0.4, -0.2) is 22.9 Å². The second kappa shape index (κ2) is 9.22. The van der Waals surface area contributed by atoms with Crippen molar-refractivity contribution in [2.45, 2.75) is 0 Å². The van der Waals surface area contributed by atoms with Crippen molar-refractivity contribution in [3.63, 3.8) is 0 Å². The van der Waals surface area contributed by atoms with Gasteiger partial charge in [-0.25, -0.2) is 4.39 Å². The zero-order chi connectivity index (χ0) is 13.3. The smallest absolute Gasteiger partial charge is 0.239 e. The van der Waals surface area contributed by atoms with Crippen LogP contribution >= 0.6 is 34.8 Å². The molecule has 0 saturated heterocycles. The summed E-state index contributed by atoms with van der Waals surface area (Å²) in [5.41, 5.74) is 0.544. The number of halogens is 4. The van der Waals surface area contributed by atoms with Gasteiger partial charge < -0.3 is 5.32 Å². The van der Waals surface area contributed by atoms with Crippen LogP contribution in [0.4, 0.5) is 10.1 Å². The van der Waals surface area contributed by atoms with Gasteiger partial charge in [0.15, 0.2) is 0 Å². The second-order valence-electron chi connectivity index (χ2n) is 2.68. The fraction of sp³-hybridized carbons (Fsp3) is 0.200. The van der Waals surface area contributed by atoms with E-state index in [1.54, 1.807) is 0 Å². The number of carbonyl (C=O) groups is 2. The summed E-state index contributed by atoms with van der Waals surface area (Å²) in [4.78, 5) is 20.2. The first-order valence-electron chi connectivity index (χ1n) is 4.35. The van der Waals surface area contributed by atoms with E-state index in [9.17, 15) is 14.0 Å². The molecule has 17 heavy (non-hydrogen) atoms. The Kier molecular flexibility index (Phi) is 8.76. The zero-order valence-corrected chi connectivity index (χ0v) is 10.8. The van der Waals surface area contributed by atoms with Gasteiger partial charge in [-0.05, 0) is 35.9 Å². The maximum atomic E-state index is 12.4. The highest BCUT2D eigenvalue weighted by molar-refractivity contribution is 6.67. The monoisotopic (exact) mass is 299 g/mol. The molecule has 0 aliphatic heterocycles. The Bertz CT molecular complexity index is 370. The fourth-order valence-electron chi connectivity index (χ4n) is 0.728. The number of carbonyl (C=O) groups excluding carboxylic acids is 2. The first-order chi connectivity index (χ1) is 7.99. The maximum absolute atomic E-state index is 12.4. The van der Waals surface area contributed by atoms with Gasteiger partial charge in [0.1, 0.15) is 11.7 Å². The van der Waals surface area contributed by atoms with Crippen molar-refractivity contribution in [1.29, 1.82) is 0 Å². The average molecular weight is 301 g/mol. The molecule has 1 N–H and O–H groups in total. The molecule has 7 heteroatoms. The Morgan fingerprint density at radius 2 is 1.59 bits per heavy atom. The molecule has 0 saturated carbocycles. The molecule has 1 rings (SSSR count). The lowest BCUT2D eigenvalue weighted by Crippen LogP contribution is -2.12. The molecule has 0 spiro atoms. The first-order valence-corrected chi connectivity index (χ1v) is 5.80. The van der Waals surface area contributed by atoms with E-state index in [1.165, 1.54) is 24.3 Å². The van der Waals surface area contributed by atoms with Crippen molar-refractivity contribution in [3.8, 4) is 0 Å². The van der Waals surface area contributed by atoms with Gasteiger partial charge >= 0.3 is 0 Å². The van der Waals surface area contributed by atoms with Crippen molar-refractivity contribution in [2.75, 3.05) is 17.1 Å². The average Bonchev–Trinajstić information content (AvgIpc) is 2.32. The summed E-state index contributed by atoms with van der Waals surface area (Å²) in [7, 11) is 0. The number of benzene rings is 1. The number of alkyl halides is 2. The summed E-state index contributed by atoms with van der Waals surface area (Å²) in [5.74, 6) is -0.832. The van der Waals surface area contributed by atoms with Crippen molar-refractivity contribution >= 4 is 51.6 Å². The first kappa shape index (κ1) is 16.2. The van der Waals surface area contributed by atoms with E-state index < -0.39 is 5.24 Å². The summed E-state index contributed by atoms with van der Waals surface area (Å²) in [5, 5.41) is 1.97. The third-order valence-electron chi connectivity index (χ3n) is 1.35. The van der Waals surface area contributed by atoms with Gasteiger partial charge in [-0.15, -0.1) is 23.2 Å². The van der Waals surface area contributed by atoms with Gasteiger partial charge in [0.2, 0.25) is 11.1 Å². The summed E-state index contributed by atoms with van der Waals surface area (Å²) in [6.45, 7) is 0. The predicted octanol–water partition coefficient (Wildman–Crippen LogP) is 2.99. The quantitative estimate of drug-likeness (QED) is 0.689. The minimum atomic E-state index is -0.508. The molecule has 1 aromatic rings. The van der Waals surface area contributed by atoms with Crippen LogP contribution in [0.1, 0.15) is 0 Å². The number of rotatable bonds is 3. The van der Waals surface area contributed by atoms with Crippen LogP contribution < -0.4 is 5.32 Å². The normalized spacial score (nSPS) is 8.94. The summed E-state index contributed by atoms with van der Waals surface area (Å²) >= 11 is 14.8. The van der Waals surface area contributed by atoms with Crippen LogP contribution in [-0.2, 0) is 9.59 Å². The molecule has 1 aromatic carbocycles. The van der Waals surface area contributed by atoms with Crippen molar-refractivity contribution < 1.29 is 14.0 Å². The molecule has 0 bridgehead atoms. The van der Waals surface area contributed by atoms with E-state index in [1.807, 2.05) is 0 Å². The number of amides is 1. The van der Waals surface area contributed by atoms with Crippen LogP contribution in [0.2, 0.25) is 0 Å². The Morgan fingerprint density at radius 1 is 1.12 bits per heavy atom. The van der Waals surface area contributed by atoms with E-state index in [4.69, 9.17) is 34.8 Å². The lowest BCUT2D eigenvalue weighted by molar-refractivity contribution is -0.114. The largest absolute Gasteiger partial charge is 0.325 e. The highest BCUT2D eigenvalue weighted by Crippen LogP contribution is 2.07. The van der Waals surface area contributed by atoms with E-state index in [2.05, 4.69) is 5.32 Å². The van der Waals surface area contributed by atoms with Gasteiger partial charge in [0.25, 0.3) is 0 Å². The number of hydrogen-bond donors (Lipinski definition) is 1. The summed E-state index contributed by atoms with van der Waals surface area (Å²) in [6, 6.07) is 5.48. The Morgan fingerprint density at radius 3 is 1.94 bits per heavy atom. The maximum Gasteiger partial charge on any atom is 0.239 e. The van der Waals surface area contributed by atoms with Crippen LogP contribution in [0.25, 0.3) is 0 Å². The zero-order valence-electron chi connectivity index (χ0n) is 8.55. The Labute approximate surface area is 113 Å². The topological polar surface area (TPSA) is 46.2 Å². The van der Waals surface area contributed by atoms with Gasteiger partial charge in [-0.3, -0.25) is 9.59 Å². The fourth-order valence-corrected chi connectivity index (χ4v) is 0.794. The van der Waals surface area contributed by atoms with Crippen molar-refractivity contribution in [2.24, 2.45) is 0 Å². The van der Waals surface area contributed by atoms with Gasteiger partial charge in [-0.2, -0.15) is 0 Å². The molecule has 0 radical (unpaired) electrons. The molecular formula is C10H9Cl3FNO2. The van der Waals surface area contributed by atoms with Crippen LogP contribution in [0.5, 0.6) is 0 Å². The highest BCUT2D eigenvalue weighted by atomic mass is 35.5. The number of hydrogen-bond acceptors (Lipinski definition) is 2. The van der Waals surface area contributed by atoms with Gasteiger partial charge in [0.05, 0.1) is 5.88 Å². The lowest BCUT2D eigenvalue weighted by Gasteiger charge is -2.00. The Balaban J connectivity index is 0.000000437. The third-order valence-corrected chi connectivity index (χ3v) is 2.11. The second-order valence-corrected chi connectivity index (χ2v) is 3.63. The molecule has 0 aliphatic rings. The molecular weight excluding hydrogens is 291 g/mol. The molecule has 0 aliphatic carbocycles. The van der Waals surface area contributed by atoms with Crippen molar-refractivity contribution in [1.82, 2.24) is 0 Å².